The zero-order chi connectivity index (χ0) is 71.9. The van der Waals surface area contributed by atoms with Gasteiger partial charge in [-0.3, -0.25) is 57.2 Å². The van der Waals surface area contributed by atoms with E-state index < -0.39 is 161 Å². The normalized spacial score (nSPS) is 22.6. The Hall–Kier alpha value is -8.71. The minimum Gasteiger partial charge on any atom is -0.481 e. The highest BCUT2D eigenvalue weighted by atomic mass is 32.2. The topological polar surface area (TPSA) is 489 Å². The van der Waals surface area contributed by atoms with Gasteiger partial charge in [-0.1, -0.05) is 44.6 Å². The van der Waals surface area contributed by atoms with Crippen LogP contribution in [0.1, 0.15) is 110 Å². The van der Waals surface area contributed by atoms with Crippen LogP contribution in [0.25, 0.3) is 21.5 Å². The number of hydrogen-bond acceptors (Lipinski definition) is 17. The number of allylic oxidation sites excluding steroid dienone is 6. The number of nitrogens with one attached hydrogen (secondary N) is 7. The lowest BCUT2D eigenvalue weighted by Gasteiger charge is -2.42. The summed E-state index contributed by atoms with van der Waals surface area (Å²) < 4.78 is 144. The molecular formula is C63H78N11O20S4+. The lowest BCUT2D eigenvalue weighted by Crippen LogP contribution is -2.65. The highest BCUT2D eigenvalue weighted by Gasteiger charge is 2.52. The molecule has 35 heteroatoms. The number of guanidine groups is 1. The number of carboxylic acid groups (broad SMARTS) is 1. The molecule has 528 valence electrons. The summed E-state index contributed by atoms with van der Waals surface area (Å²) in [4.78, 5) is 95.1. The van der Waals surface area contributed by atoms with Gasteiger partial charge in [-0.2, -0.15) is 38.2 Å². The summed E-state index contributed by atoms with van der Waals surface area (Å²) in [5.74, 6) is -7.15. The van der Waals surface area contributed by atoms with Gasteiger partial charge >= 0.3 is 5.97 Å². The number of carbonyl (C=O) groups is 7. The van der Waals surface area contributed by atoms with Gasteiger partial charge in [0.05, 0.1) is 28.2 Å². The molecule has 6 amide bonds. The Labute approximate surface area is 565 Å². The Balaban J connectivity index is 0.944. The van der Waals surface area contributed by atoms with Crippen LogP contribution in [0.3, 0.4) is 0 Å². The molecule has 5 aliphatic heterocycles. The van der Waals surface area contributed by atoms with Crippen molar-refractivity contribution in [3.63, 3.8) is 0 Å². The third-order valence-electron chi connectivity index (χ3n) is 18.6. The summed E-state index contributed by atoms with van der Waals surface area (Å²) in [6.45, 7) is 9.15. The van der Waals surface area contributed by atoms with Crippen molar-refractivity contribution in [3.05, 3.63) is 95.7 Å². The molecule has 2 bridgehead atoms. The first kappa shape index (κ1) is 73.5. The van der Waals surface area contributed by atoms with Crippen LogP contribution in [-0.4, -0.2) is 182 Å². The largest absolute Gasteiger partial charge is 0.481 e. The number of piperidine rings is 1. The first-order chi connectivity index (χ1) is 45.7. The molecule has 6 atom stereocenters. The average molecular weight is 1440 g/mol. The Morgan fingerprint density at radius 3 is 1.95 bits per heavy atom. The van der Waals surface area contributed by atoms with E-state index in [1.807, 2.05) is 50.2 Å². The van der Waals surface area contributed by atoms with E-state index in [4.69, 9.17) is 11.1 Å². The number of aliphatic carboxylic acids is 1. The van der Waals surface area contributed by atoms with Crippen LogP contribution in [0, 0.1) is 11.3 Å². The molecule has 3 fully saturated rings. The number of nitrogens with zero attached hydrogens (tertiary/aromatic N) is 3. The molecule has 0 saturated carbocycles. The Bertz CT molecular complexity index is 4630. The number of hydrogen-bond donors (Lipinski definition) is 13. The van der Waals surface area contributed by atoms with Crippen molar-refractivity contribution >= 4 is 126 Å². The number of unbranched alkanes of at least 4 members (excludes halogenated alkanes) is 2. The monoisotopic (exact) mass is 1440 g/mol. The van der Waals surface area contributed by atoms with Gasteiger partial charge in [0.25, 0.3) is 40.5 Å². The smallest absolute Gasteiger partial charge is 0.305 e. The van der Waals surface area contributed by atoms with E-state index in [2.05, 4.69) is 31.9 Å². The fourth-order valence-corrected chi connectivity index (χ4v) is 16.9. The summed E-state index contributed by atoms with van der Waals surface area (Å²) in [5.41, 5.74) is 6.77. The molecule has 31 nitrogen and oxygen atoms in total. The minimum absolute atomic E-state index is 0.0212. The summed E-state index contributed by atoms with van der Waals surface area (Å²) in [5, 5.41) is 32.9. The number of nitrogens with two attached hydrogens (primary N) is 1. The standard InChI is InChI=1S/C63H77N11O20S4/c1-6-72-44-22-19-38-40(27-36(95(83,84)85)29-47(38)97(89,90)91)54(44)62(2,3)49(72)15-9-7-10-16-50-63(4,5)55-41-28-37(96(86,87)88)30-48(98(92,93)94)39(41)20-23-45(55)73(50)25-12-8-11-17-51(75)67-32-34-26-35-18-21-46-59(81)70-42(14-13-24-66-61(64)65)57(79)68-33-52(76)69-43(31-53(77)78)58(80)71-56(34)60(82)74(35)46/h7,9-10,15-16,19-20,22-23,27-30,34-35,42-43,46,56H,6,8,11-14,17-18,21,24-26,31-33H2,1-5H3,(H13-,64,65,66,67,68,69,70,71,75,76,77,78,79,80,81,83,84,85,86,87,88,89,90,91,92,93,94)/p+1/t34-,35?,42?,43?,46?,56+/m0/s1. The highest BCUT2D eigenvalue weighted by molar-refractivity contribution is 7.87. The molecule has 0 radical (unpaired) electrons. The van der Waals surface area contributed by atoms with E-state index in [9.17, 15) is 90.6 Å². The quantitative estimate of drug-likeness (QED) is 0.0134. The number of carbonyl (C=O) groups excluding carboxylic acids is 6. The van der Waals surface area contributed by atoms with Crippen LogP contribution in [-0.2, 0) is 84.9 Å². The zero-order valence-corrected chi connectivity index (χ0v) is 57.3. The molecule has 0 aliphatic carbocycles. The number of rotatable bonds is 22. The van der Waals surface area contributed by atoms with E-state index in [0.717, 1.165) is 12.1 Å². The molecule has 9 rings (SSSR count). The lowest BCUT2D eigenvalue weighted by atomic mass is 9.79. The second-order valence-corrected chi connectivity index (χ2v) is 31.4. The fourth-order valence-electron chi connectivity index (χ4n) is 14.2. The zero-order valence-electron chi connectivity index (χ0n) is 54.0. The van der Waals surface area contributed by atoms with Crippen LogP contribution >= 0.6 is 0 Å². The predicted molar refractivity (Wildman–Crippen MR) is 356 cm³/mol. The van der Waals surface area contributed by atoms with Crippen LogP contribution in [0.15, 0.2) is 104 Å². The first-order valence-electron chi connectivity index (χ1n) is 31.4. The summed E-state index contributed by atoms with van der Waals surface area (Å²) in [7, 11) is -20.1. The van der Waals surface area contributed by atoms with Gasteiger partial charge in [0.1, 0.15) is 40.5 Å². The number of amides is 6. The van der Waals surface area contributed by atoms with Gasteiger partial charge in [0.15, 0.2) is 11.7 Å². The van der Waals surface area contributed by atoms with E-state index in [-0.39, 0.29) is 79.2 Å². The van der Waals surface area contributed by atoms with Crippen molar-refractivity contribution in [1.29, 1.82) is 5.41 Å². The van der Waals surface area contributed by atoms with Crippen LogP contribution < -0.4 is 42.5 Å². The maximum absolute atomic E-state index is 14.6. The summed E-state index contributed by atoms with van der Waals surface area (Å²) in [6, 6.07) is 3.78. The third kappa shape index (κ3) is 15.4. The lowest BCUT2D eigenvalue weighted by molar-refractivity contribution is -0.433. The molecule has 5 heterocycles. The Morgan fingerprint density at radius 1 is 0.714 bits per heavy atom. The molecule has 4 aromatic carbocycles. The second-order valence-electron chi connectivity index (χ2n) is 25.7. The van der Waals surface area contributed by atoms with E-state index >= 15 is 0 Å². The molecular weight excluding hydrogens is 1360 g/mol. The number of carboxylic acids is 1. The Kier molecular flexibility index (Phi) is 21.2. The fraction of sp³-hybridized carbons (Fsp3) is 0.444. The van der Waals surface area contributed by atoms with Gasteiger partial charge in [-0.15, -0.1) is 0 Å². The van der Waals surface area contributed by atoms with Gasteiger partial charge in [0.2, 0.25) is 41.1 Å². The van der Waals surface area contributed by atoms with Crippen molar-refractivity contribution in [2.75, 3.05) is 37.6 Å². The molecule has 3 saturated heterocycles. The molecule has 0 aromatic heterocycles. The van der Waals surface area contributed by atoms with Crippen molar-refractivity contribution in [2.45, 2.75) is 159 Å². The van der Waals surface area contributed by atoms with Crippen molar-refractivity contribution in [3.8, 4) is 0 Å². The highest BCUT2D eigenvalue weighted by Crippen LogP contribution is 2.52. The summed E-state index contributed by atoms with van der Waals surface area (Å²) >= 11 is 0. The van der Waals surface area contributed by atoms with Gasteiger partial charge < -0.3 is 52.5 Å². The predicted octanol–water partition coefficient (Wildman–Crippen LogP) is 2.55. The number of fused-ring (bicyclic) bond motifs is 7. The maximum atomic E-state index is 14.6. The number of anilines is 1. The van der Waals surface area contributed by atoms with Gasteiger partial charge in [-0.05, 0) is 125 Å². The molecule has 4 unspecified atom stereocenters. The average Bonchev–Trinajstić information content (AvgIpc) is 1.66. The number of benzene rings is 4. The minimum atomic E-state index is -5.08. The van der Waals surface area contributed by atoms with Gasteiger partial charge in [-0.25, -0.2) is 0 Å². The third-order valence-corrected chi connectivity index (χ3v) is 22.0. The Morgan fingerprint density at radius 2 is 1.35 bits per heavy atom. The molecule has 4 aromatic rings. The summed E-state index contributed by atoms with van der Waals surface area (Å²) in [6.07, 6.45) is 9.96. The first-order valence-corrected chi connectivity index (χ1v) is 37.2. The van der Waals surface area contributed by atoms with Crippen LogP contribution in [0.5, 0.6) is 0 Å². The van der Waals surface area contributed by atoms with Crippen molar-refractivity contribution < 1.29 is 95.1 Å². The SMILES string of the molecule is CC[N+]1=C(/C=C/C=C/C=C2/N(CCCCCC(=O)NC[C@@H]3CC4CCC5C(=O)NC(CCCNC(=N)N)C(=O)NCC(=O)NC(CC(=O)O)C(=O)N[C@H]3C(=O)N45)c3ccc4c(S(=O)(=O)O)cc(S(=O)(=O)O)cc4c3C2(C)C)C(C)(C)c2c1ccc1c(S(=O)(=O)O)cc(S(=O)(=O)O)cc21. The van der Waals surface area contributed by atoms with Gasteiger partial charge in [0, 0.05) is 83.3 Å². The maximum Gasteiger partial charge on any atom is 0.305 e. The van der Waals surface area contributed by atoms with Crippen molar-refractivity contribution in [1.82, 2.24) is 36.8 Å². The molecule has 0 spiro atoms. The van der Waals surface area contributed by atoms with E-state index in [1.54, 1.807) is 36.4 Å². The molecule has 98 heavy (non-hydrogen) atoms. The van der Waals surface area contributed by atoms with Crippen molar-refractivity contribution in [2.24, 2.45) is 11.7 Å². The second kappa shape index (κ2) is 28.3. The van der Waals surface area contributed by atoms with E-state index in [0.29, 0.717) is 78.3 Å². The molecule has 5 aliphatic rings. The molecule has 14 N–H and O–H groups in total. The van der Waals surface area contributed by atoms with Crippen LogP contribution in [0.2, 0.25) is 0 Å². The van der Waals surface area contributed by atoms with Crippen LogP contribution in [0.4, 0.5) is 11.4 Å². The van der Waals surface area contributed by atoms with E-state index in [1.165, 1.54) is 17.0 Å².